The number of nitrogens with one attached hydrogen (secondary N) is 1. The minimum Gasteiger partial charge on any atom is -0.480 e. The molecular formula is C13H18N2O5S. The van der Waals surface area contributed by atoms with Crippen LogP contribution >= 0.6 is 0 Å². The Morgan fingerprint density at radius 2 is 1.86 bits per heavy atom. The average molecular weight is 314 g/mol. The van der Waals surface area contributed by atoms with Gasteiger partial charge in [-0.3, -0.25) is 9.59 Å². The fourth-order valence-electron chi connectivity index (χ4n) is 1.85. The number of aliphatic carboxylic acids is 1. The zero-order valence-corrected chi connectivity index (χ0v) is 12.3. The van der Waals surface area contributed by atoms with Crippen LogP contribution in [0.1, 0.15) is 24.8 Å². The largest absolute Gasteiger partial charge is 0.480 e. The highest BCUT2D eigenvalue weighted by molar-refractivity contribution is 7.89. The molecule has 0 aliphatic carbocycles. The summed E-state index contributed by atoms with van der Waals surface area (Å²) in [5.74, 6) is -2.92. The minimum absolute atomic E-state index is 0.278. The van der Waals surface area contributed by atoms with Gasteiger partial charge in [0.25, 0.3) is 0 Å². The van der Waals surface area contributed by atoms with Crippen LogP contribution in [0.25, 0.3) is 0 Å². The molecule has 1 aromatic carbocycles. The van der Waals surface area contributed by atoms with Crippen LogP contribution in [0.4, 0.5) is 0 Å². The quantitative estimate of drug-likeness (QED) is 0.624. The molecule has 7 nitrogen and oxygen atoms in total. The molecule has 0 radical (unpaired) electrons. The second-order valence-corrected chi connectivity index (χ2v) is 6.57. The van der Waals surface area contributed by atoms with E-state index in [0.717, 1.165) is 5.56 Å². The smallest absolute Gasteiger partial charge is 0.322 e. The highest BCUT2D eigenvalue weighted by Crippen LogP contribution is 2.16. The van der Waals surface area contributed by atoms with Gasteiger partial charge in [0.05, 0.1) is 12.2 Å². The standard InChI is InChI=1S/C13H18N2O5S/c1-9(10-5-3-2-4-6-10)8-21(19,20)15-11(13(17)18)7-12(14)16/h2-6,9,11,15H,7-8H2,1H3,(H2,14,16)(H,17,18). The first kappa shape index (κ1) is 17.1. The molecule has 2 atom stereocenters. The van der Waals surface area contributed by atoms with Crippen molar-refractivity contribution in [2.24, 2.45) is 5.73 Å². The molecule has 2 unspecified atom stereocenters. The third-order valence-corrected chi connectivity index (χ3v) is 4.45. The summed E-state index contributed by atoms with van der Waals surface area (Å²) in [7, 11) is -3.86. The maximum Gasteiger partial charge on any atom is 0.322 e. The second-order valence-electron chi connectivity index (χ2n) is 4.77. The maximum atomic E-state index is 12.0. The van der Waals surface area contributed by atoms with E-state index in [9.17, 15) is 18.0 Å². The third kappa shape index (κ3) is 5.92. The van der Waals surface area contributed by atoms with Crippen molar-refractivity contribution in [2.75, 3.05) is 5.75 Å². The van der Waals surface area contributed by atoms with Crippen LogP contribution < -0.4 is 10.5 Å². The molecule has 0 aliphatic heterocycles. The number of carboxylic acids is 1. The molecule has 0 fully saturated rings. The van der Waals surface area contributed by atoms with Gasteiger partial charge in [-0.05, 0) is 11.5 Å². The summed E-state index contributed by atoms with van der Waals surface area (Å²) in [6.45, 7) is 1.72. The van der Waals surface area contributed by atoms with E-state index in [1.54, 1.807) is 31.2 Å². The van der Waals surface area contributed by atoms with E-state index in [1.807, 2.05) is 10.8 Å². The Kier molecular flexibility index (Phi) is 5.86. The third-order valence-electron chi connectivity index (χ3n) is 2.86. The normalized spacial score (nSPS) is 14.3. The predicted octanol–water partition coefficient (Wildman–Crippen LogP) is 0.0381. The number of nitrogens with two attached hydrogens (primary N) is 1. The SMILES string of the molecule is CC(CS(=O)(=O)NC(CC(N)=O)C(=O)O)c1ccccc1. The number of benzene rings is 1. The van der Waals surface area contributed by atoms with E-state index >= 15 is 0 Å². The molecule has 116 valence electrons. The molecule has 0 heterocycles. The zero-order valence-electron chi connectivity index (χ0n) is 11.5. The van der Waals surface area contributed by atoms with Crippen molar-refractivity contribution in [1.29, 1.82) is 0 Å². The van der Waals surface area contributed by atoms with Gasteiger partial charge >= 0.3 is 5.97 Å². The summed E-state index contributed by atoms with van der Waals surface area (Å²) in [4.78, 5) is 21.7. The number of primary amides is 1. The first-order valence-corrected chi connectivity index (χ1v) is 7.92. The molecule has 0 saturated heterocycles. The Labute approximate surface area is 123 Å². The van der Waals surface area contributed by atoms with Crippen molar-refractivity contribution in [2.45, 2.75) is 25.3 Å². The summed E-state index contributed by atoms with van der Waals surface area (Å²) in [5.41, 5.74) is 5.73. The minimum atomic E-state index is -3.86. The van der Waals surface area contributed by atoms with Gasteiger partial charge in [-0.15, -0.1) is 0 Å². The Morgan fingerprint density at radius 1 is 1.29 bits per heavy atom. The summed E-state index contributed by atoms with van der Waals surface area (Å²) in [6, 6.07) is 7.43. The number of amides is 1. The molecule has 1 amide bonds. The number of carbonyl (C=O) groups excluding carboxylic acids is 1. The first-order chi connectivity index (χ1) is 9.71. The molecule has 0 bridgehead atoms. The van der Waals surface area contributed by atoms with Gasteiger partial charge in [-0.1, -0.05) is 37.3 Å². The Hall–Kier alpha value is -1.93. The Balaban J connectivity index is 2.76. The topological polar surface area (TPSA) is 127 Å². The van der Waals surface area contributed by atoms with E-state index in [4.69, 9.17) is 10.8 Å². The maximum absolute atomic E-state index is 12.0. The van der Waals surface area contributed by atoms with Crippen LogP contribution in [-0.4, -0.2) is 37.2 Å². The fourth-order valence-corrected chi connectivity index (χ4v) is 3.42. The van der Waals surface area contributed by atoms with Crippen LogP contribution in [0.15, 0.2) is 30.3 Å². The van der Waals surface area contributed by atoms with Crippen molar-refractivity contribution < 1.29 is 23.1 Å². The molecule has 1 rings (SSSR count). The van der Waals surface area contributed by atoms with Gasteiger partial charge in [0, 0.05) is 0 Å². The monoisotopic (exact) mass is 314 g/mol. The molecule has 8 heteroatoms. The summed E-state index contributed by atoms with van der Waals surface area (Å²) < 4.78 is 26.0. The second kappa shape index (κ2) is 7.19. The average Bonchev–Trinajstić information content (AvgIpc) is 2.37. The highest BCUT2D eigenvalue weighted by atomic mass is 32.2. The van der Waals surface area contributed by atoms with E-state index < -0.39 is 34.4 Å². The lowest BCUT2D eigenvalue weighted by Crippen LogP contribution is -2.44. The van der Waals surface area contributed by atoms with Gasteiger partial charge in [0.2, 0.25) is 15.9 Å². The van der Waals surface area contributed by atoms with E-state index in [-0.39, 0.29) is 11.7 Å². The first-order valence-electron chi connectivity index (χ1n) is 6.27. The molecule has 0 aliphatic rings. The highest BCUT2D eigenvalue weighted by Gasteiger charge is 2.27. The number of sulfonamides is 1. The number of carboxylic acid groups (broad SMARTS) is 1. The van der Waals surface area contributed by atoms with Crippen LogP contribution in [0.5, 0.6) is 0 Å². The number of rotatable bonds is 8. The van der Waals surface area contributed by atoms with Crippen molar-refractivity contribution in [3.05, 3.63) is 35.9 Å². The van der Waals surface area contributed by atoms with Gasteiger partial charge < -0.3 is 10.8 Å². The number of carbonyl (C=O) groups is 2. The lowest BCUT2D eigenvalue weighted by molar-refractivity contribution is -0.140. The van der Waals surface area contributed by atoms with Gasteiger partial charge in [-0.25, -0.2) is 13.1 Å². The molecule has 0 saturated carbocycles. The summed E-state index contributed by atoms with van der Waals surface area (Å²) in [5, 5.41) is 8.90. The van der Waals surface area contributed by atoms with Crippen LogP contribution in [0.2, 0.25) is 0 Å². The van der Waals surface area contributed by atoms with E-state index in [1.165, 1.54) is 0 Å². The summed E-state index contributed by atoms with van der Waals surface area (Å²) >= 11 is 0. The molecular weight excluding hydrogens is 296 g/mol. The van der Waals surface area contributed by atoms with Crippen LogP contribution in [-0.2, 0) is 19.6 Å². The van der Waals surface area contributed by atoms with Gasteiger partial charge in [0.15, 0.2) is 0 Å². The van der Waals surface area contributed by atoms with E-state index in [2.05, 4.69) is 0 Å². The predicted molar refractivity (Wildman–Crippen MR) is 77.0 cm³/mol. The van der Waals surface area contributed by atoms with Gasteiger partial charge in [0.1, 0.15) is 6.04 Å². The van der Waals surface area contributed by atoms with E-state index in [0.29, 0.717) is 0 Å². The Morgan fingerprint density at radius 3 is 2.33 bits per heavy atom. The molecule has 1 aromatic rings. The molecule has 21 heavy (non-hydrogen) atoms. The molecule has 0 aromatic heterocycles. The summed E-state index contributed by atoms with van der Waals surface area (Å²) in [6.07, 6.45) is -0.589. The molecule has 0 spiro atoms. The van der Waals surface area contributed by atoms with Crippen molar-refractivity contribution in [3.63, 3.8) is 0 Å². The lowest BCUT2D eigenvalue weighted by atomic mass is 10.0. The lowest BCUT2D eigenvalue weighted by Gasteiger charge is -2.16. The Bertz CT molecular complexity index is 600. The fraction of sp³-hybridized carbons (Fsp3) is 0.385. The van der Waals surface area contributed by atoms with Crippen LogP contribution in [0, 0.1) is 0 Å². The van der Waals surface area contributed by atoms with Crippen molar-refractivity contribution in [1.82, 2.24) is 4.72 Å². The van der Waals surface area contributed by atoms with Gasteiger partial charge in [-0.2, -0.15) is 0 Å². The van der Waals surface area contributed by atoms with Crippen molar-refractivity contribution in [3.8, 4) is 0 Å². The van der Waals surface area contributed by atoms with Crippen molar-refractivity contribution >= 4 is 21.9 Å². The zero-order chi connectivity index (χ0) is 16.0. The molecule has 4 N–H and O–H groups in total. The van der Waals surface area contributed by atoms with Crippen LogP contribution in [0.3, 0.4) is 0 Å². The number of hydrogen-bond acceptors (Lipinski definition) is 4. The number of hydrogen-bond donors (Lipinski definition) is 3.